The van der Waals surface area contributed by atoms with Gasteiger partial charge in [-0.25, -0.2) is 0 Å². The van der Waals surface area contributed by atoms with Crippen molar-refractivity contribution in [1.29, 1.82) is 0 Å². The number of para-hydroxylation sites is 1. The molecule has 2 rings (SSSR count). The summed E-state index contributed by atoms with van der Waals surface area (Å²) in [5, 5.41) is 6.23. The lowest BCUT2D eigenvalue weighted by Gasteiger charge is -2.19. The second-order valence-corrected chi connectivity index (χ2v) is 4.78. The summed E-state index contributed by atoms with van der Waals surface area (Å²) in [6, 6.07) is 12.2. The largest absolute Gasteiger partial charge is 0.375 e. The second kappa shape index (κ2) is 7.33. The smallest absolute Gasteiger partial charge is 0.223 e. The molecular formula is C15H22N6. The van der Waals surface area contributed by atoms with Crippen LogP contribution in [-0.4, -0.2) is 37.2 Å². The van der Waals surface area contributed by atoms with Crippen molar-refractivity contribution in [3.8, 4) is 0 Å². The lowest BCUT2D eigenvalue weighted by Crippen LogP contribution is -2.21. The Hall–Kier alpha value is -2.50. The molecule has 0 unspecified atom stereocenters. The van der Waals surface area contributed by atoms with E-state index in [1.807, 2.05) is 24.3 Å². The van der Waals surface area contributed by atoms with Gasteiger partial charge in [0.15, 0.2) is 0 Å². The van der Waals surface area contributed by atoms with Crippen molar-refractivity contribution < 1.29 is 0 Å². The molecule has 0 radical (unpaired) electrons. The molecular weight excluding hydrogens is 264 g/mol. The highest BCUT2D eigenvalue weighted by atomic mass is 15.1. The zero-order valence-corrected chi connectivity index (χ0v) is 12.5. The fourth-order valence-corrected chi connectivity index (χ4v) is 2.03. The third-order valence-corrected chi connectivity index (χ3v) is 3.17. The van der Waals surface area contributed by atoms with Crippen LogP contribution in [0.15, 0.2) is 36.4 Å². The SMILES string of the molecule is CNc1cc(NCCCN(C)c2ccccc2)nc(N)n1. The number of nitrogens with zero attached hydrogens (tertiary/aromatic N) is 3. The number of rotatable bonds is 7. The van der Waals surface area contributed by atoms with Gasteiger partial charge in [-0.3, -0.25) is 0 Å². The molecule has 0 aliphatic heterocycles. The molecule has 0 bridgehead atoms. The molecule has 6 heteroatoms. The zero-order chi connectivity index (χ0) is 15.1. The van der Waals surface area contributed by atoms with Gasteiger partial charge in [-0.15, -0.1) is 0 Å². The van der Waals surface area contributed by atoms with Crippen molar-refractivity contribution >= 4 is 23.3 Å². The maximum absolute atomic E-state index is 5.65. The van der Waals surface area contributed by atoms with Crippen LogP contribution in [0.25, 0.3) is 0 Å². The molecule has 0 spiro atoms. The number of nitrogens with one attached hydrogen (secondary N) is 2. The molecule has 0 saturated carbocycles. The third kappa shape index (κ3) is 4.52. The summed E-state index contributed by atoms with van der Waals surface area (Å²) in [5.41, 5.74) is 6.88. The molecule has 0 saturated heterocycles. The van der Waals surface area contributed by atoms with Crippen LogP contribution in [0.3, 0.4) is 0 Å². The Morgan fingerprint density at radius 3 is 2.57 bits per heavy atom. The molecule has 6 nitrogen and oxygen atoms in total. The average molecular weight is 286 g/mol. The Morgan fingerprint density at radius 1 is 1.14 bits per heavy atom. The standard InChI is InChI=1S/C15H22N6/c1-17-13-11-14(20-15(16)19-13)18-9-6-10-21(2)12-7-4-3-5-8-12/h3-5,7-8,11H,6,9-10H2,1-2H3,(H4,16,17,18,19,20). The average Bonchev–Trinajstić information content (AvgIpc) is 2.51. The molecule has 1 aromatic heterocycles. The van der Waals surface area contributed by atoms with Gasteiger partial charge in [0.1, 0.15) is 11.6 Å². The van der Waals surface area contributed by atoms with Gasteiger partial charge in [0.25, 0.3) is 0 Å². The van der Waals surface area contributed by atoms with Gasteiger partial charge in [0.2, 0.25) is 5.95 Å². The number of aromatic nitrogens is 2. The fraction of sp³-hybridized carbons (Fsp3) is 0.333. The Morgan fingerprint density at radius 2 is 1.86 bits per heavy atom. The van der Waals surface area contributed by atoms with Crippen molar-refractivity contribution in [1.82, 2.24) is 9.97 Å². The van der Waals surface area contributed by atoms with Gasteiger partial charge in [-0.1, -0.05) is 18.2 Å². The second-order valence-electron chi connectivity index (χ2n) is 4.78. The Balaban J connectivity index is 1.78. The van der Waals surface area contributed by atoms with E-state index in [0.29, 0.717) is 5.82 Å². The van der Waals surface area contributed by atoms with E-state index < -0.39 is 0 Å². The van der Waals surface area contributed by atoms with E-state index in [0.717, 1.165) is 25.3 Å². The molecule has 21 heavy (non-hydrogen) atoms. The van der Waals surface area contributed by atoms with Crippen LogP contribution in [-0.2, 0) is 0 Å². The van der Waals surface area contributed by atoms with Gasteiger partial charge in [-0.05, 0) is 18.6 Å². The Labute approximate surface area is 125 Å². The maximum atomic E-state index is 5.65. The van der Waals surface area contributed by atoms with Crippen LogP contribution in [0, 0.1) is 0 Å². The highest BCUT2D eigenvalue weighted by molar-refractivity contribution is 5.50. The Bertz CT molecular complexity index is 557. The molecule has 0 amide bonds. The van der Waals surface area contributed by atoms with E-state index in [-0.39, 0.29) is 5.95 Å². The van der Waals surface area contributed by atoms with E-state index >= 15 is 0 Å². The summed E-state index contributed by atoms with van der Waals surface area (Å²) in [5.74, 6) is 1.73. The van der Waals surface area contributed by atoms with Crippen molar-refractivity contribution in [3.63, 3.8) is 0 Å². The minimum Gasteiger partial charge on any atom is -0.375 e. The van der Waals surface area contributed by atoms with Gasteiger partial charge in [0, 0.05) is 38.9 Å². The lowest BCUT2D eigenvalue weighted by atomic mass is 10.3. The molecule has 4 N–H and O–H groups in total. The highest BCUT2D eigenvalue weighted by Crippen LogP contribution is 2.13. The number of nitrogen functional groups attached to an aromatic ring is 1. The minimum atomic E-state index is 0.269. The first-order valence-electron chi connectivity index (χ1n) is 7.01. The molecule has 0 fully saturated rings. The van der Waals surface area contributed by atoms with E-state index in [1.165, 1.54) is 5.69 Å². The number of hydrogen-bond donors (Lipinski definition) is 3. The molecule has 1 aromatic carbocycles. The summed E-state index contributed by atoms with van der Waals surface area (Å²) in [4.78, 5) is 10.4. The molecule has 112 valence electrons. The van der Waals surface area contributed by atoms with Crippen molar-refractivity contribution in [2.75, 3.05) is 48.5 Å². The number of anilines is 4. The van der Waals surface area contributed by atoms with Gasteiger partial charge in [0.05, 0.1) is 0 Å². The number of benzene rings is 1. The summed E-state index contributed by atoms with van der Waals surface area (Å²) in [6.07, 6.45) is 1.00. The monoisotopic (exact) mass is 286 g/mol. The Kier molecular flexibility index (Phi) is 5.20. The van der Waals surface area contributed by atoms with Crippen LogP contribution in [0.4, 0.5) is 23.3 Å². The summed E-state index contributed by atoms with van der Waals surface area (Å²) < 4.78 is 0. The van der Waals surface area contributed by atoms with Gasteiger partial charge < -0.3 is 21.3 Å². The van der Waals surface area contributed by atoms with Crippen LogP contribution >= 0.6 is 0 Å². The van der Waals surface area contributed by atoms with Gasteiger partial charge >= 0.3 is 0 Å². The van der Waals surface area contributed by atoms with Crippen molar-refractivity contribution in [2.24, 2.45) is 0 Å². The first-order chi connectivity index (χ1) is 10.2. The minimum absolute atomic E-state index is 0.269. The number of nitrogens with two attached hydrogens (primary N) is 1. The van der Waals surface area contributed by atoms with Gasteiger partial charge in [-0.2, -0.15) is 9.97 Å². The van der Waals surface area contributed by atoms with Crippen molar-refractivity contribution in [3.05, 3.63) is 36.4 Å². The molecule has 0 atom stereocenters. The quantitative estimate of drug-likeness (QED) is 0.676. The van der Waals surface area contributed by atoms with Crippen LogP contribution < -0.4 is 21.3 Å². The van der Waals surface area contributed by atoms with E-state index in [1.54, 1.807) is 7.05 Å². The fourth-order valence-electron chi connectivity index (χ4n) is 2.03. The predicted octanol–water partition coefficient (Wildman–Crippen LogP) is 2.04. The van der Waals surface area contributed by atoms with Crippen LogP contribution in [0.5, 0.6) is 0 Å². The van der Waals surface area contributed by atoms with E-state index in [4.69, 9.17) is 5.73 Å². The lowest BCUT2D eigenvalue weighted by molar-refractivity contribution is 0.814. The van der Waals surface area contributed by atoms with Crippen LogP contribution in [0.2, 0.25) is 0 Å². The topological polar surface area (TPSA) is 79.1 Å². The summed E-state index contributed by atoms with van der Waals surface area (Å²) >= 11 is 0. The third-order valence-electron chi connectivity index (χ3n) is 3.17. The van der Waals surface area contributed by atoms with Crippen molar-refractivity contribution in [2.45, 2.75) is 6.42 Å². The van der Waals surface area contributed by atoms with Crippen LogP contribution in [0.1, 0.15) is 6.42 Å². The van der Waals surface area contributed by atoms with E-state index in [2.05, 4.69) is 44.7 Å². The number of hydrogen-bond acceptors (Lipinski definition) is 6. The zero-order valence-electron chi connectivity index (χ0n) is 12.5. The summed E-state index contributed by atoms with van der Waals surface area (Å²) in [7, 11) is 3.90. The first-order valence-corrected chi connectivity index (χ1v) is 7.01. The molecule has 2 aromatic rings. The summed E-state index contributed by atoms with van der Waals surface area (Å²) in [6.45, 7) is 1.80. The van der Waals surface area contributed by atoms with E-state index in [9.17, 15) is 0 Å². The maximum Gasteiger partial charge on any atom is 0.223 e. The molecule has 0 aliphatic rings. The molecule has 0 aliphatic carbocycles. The first kappa shape index (κ1) is 14.9. The normalized spacial score (nSPS) is 10.2. The predicted molar refractivity (Wildman–Crippen MR) is 88.8 cm³/mol. The highest BCUT2D eigenvalue weighted by Gasteiger charge is 2.02. The molecule has 1 heterocycles.